The van der Waals surface area contributed by atoms with Crippen LogP contribution in [0.1, 0.15) is 36.7 Å². The summed E-state index contributed by atoms with van der Waals surface area (Å²) in [4.78, 5) is 24.5. The number of nitrogens with zero attached hydrogens (tertiary/aromatic N) is 1. The van der Waals surface area contributed by atoms with E-state index >= 15 is 0 Å². The van der Waals surface area contributed by atoms with Crippen molar-refractivity contribution < 1.29 is 19.1 Å². The Balaban J connectivity index is 1.94. The summed E-state index contributed by atoms with van der Waals surface area (Å²) < 4.78 is 10.8. The largest absolute Gasteiger partial charge is 0.493 e. The molecule has 2 aromatic rings. The van der Waals surface area contributed by atoms with E-state index in [-0.39, 0.29) is 0 Å². The molecule has 0 aliphatic heterocycles. The Hall–Kier alpha value is -3.33. The quantitative estimate of drug-likeness (QED) is 0.754. The molecule has 0 unspecified atom stereocenters. The van der Waals surface area contributed by atoms with Gasteiger partial charge in [0.25, 0.3) is 5.91 Å². The van der Waals surface area contributed by atoms with Gasteiger partial charge in [0.05, 0.1) is 23.8 Å². The molecule has 0 fully saturated rings. The molecule has 0 bridgehead atoms. The van der Waals surface area contributed by atoms with E-state index in [1.165, 1.54) is 6.92 Å². The Labute approximate surface area is 158 Å². The maximum Gasteiger partial charge on any atom is 0.339 e. The lowest BCUT2D eigenvalue weighted by Crippen LogP contribution is -2.30. The zero-order valence-corrected chi connectivity index (χ0v) is 15.6. The predicted molar refractivity (Wildman–Crippen MR) is 101 cm³/mol. The first kappa shape index (κ1) is 20.0. The van der Waals surface area contributed by atoms with Gasteiger partial charge < -0.3 is 14.8 Å². The van der Waals surface area contributed by atoms with E-state index in [1.54, 1.807) is 48.5 Å². The average Bonchev–Trinajstić information content (AvgIpc) is 2.67. The molecule has 0 aliphatic carbocycles. The van der Waals surface area contributed by atoms with Crippen molar-refractivity contribution >= 4 is 17.6 Å². The number of carbonyl (C=O) groups is 2. The molecule has 6 heteroatoms. The molecule has 6 nitrogen and oxygen atoms in total. The van der Waals surface area contributed by atoms with Crippen LogP contribution in [0.15, 0.2) is 48.5 Å². The molecular weight excluding hydrogens is 344 g/mol. The highest BCUT2D eigenvalue weighted by molar-refractivity contribution is 5.97. The first-order valence-electron chi connectivity index (χ1n) is 8.64. The Morgan fingerprint density at radius 1 is 1.11 bits per heavy atom. The van der Waals surface area contributed by atoms with Crippen LogP contribution < -0.4 is 10.1 Å². The maximum atomic E-state index is 12.3. The number of benzene rings is 2. The monoisotopic (exact) mass is 366 g/mol. The lowest BCUT2D eigenvalue weighted by Gasteiger charge is -2.14. The van der Waals surface area contributed by atoms with Crippen molar-refractivity contribution in [3.8, 4) is 11.8 Å². The second-order valence-corrected chi connectivity index (χ2v) is 6.46. The zero-order valence-electron chi connectivity index (χ0n) is 15.6. The smallest absolute Gasteiger partial charge is 0.339 e. The minimum atomic E-state index is -0.978. The number of amides is 1. The average molecular weight is 366 g/mol. The summed E-state index contributed by atoms with van der Waals surface area (Å²) in [5.41, 5.74) is 1.33. The molecule has 0 saturated carbocycles. The standard InChI is InChI=1S/C21H22N2O4/c1-14(2)13-26-19-6-4-5-17(11-19)21(25)27-15(3)20(24)23-18-9-7-16(12-22)8-10-18/h4-11,14-15H,13H2,1-3H3,(H,23,24)/t15-/m0/s1. The van der Waals surface area contributed by atoms with Gasteiger partial charge in [-0.3, -0.25) is 4.79 Å². The molecule has 0 aliphatic rings. The van der Waals surface area contributed by atoms with Gasteiger partial charge in [-0.2, -0.15) is 5.26 Å². The maximum absolute atomic E-state index is 12.3. The van der Waals surface area contributed by atoms with E-state index in [4.69, 9.17) is 14.7 Å². The van der Waals surface area contributed by atoms with Crippen molar-refractivity contribution in [3.05, 3.63) is 59.7 Å². The molecule has 0 saturated heterocycles. The molecule has 27 heavy (non-hydrogen) atoms. The molecule has 0 aromatic heterocycles. The van der Waals surface area contributed by atoms with Gasteiger partial charge in [-0.05, 0) is 55.3 Å². The van der Waals surface area contributed by atoms with Gasteiger partial charge in [0.15, 0.2) is 6.10 Å². The van der Waals surface area contributed by atoms with Crippen LogP contribution in [0.4, 0.5) is 5.69 Å². The van der Waals surface area contributed by atoms with Crippen molar-refractivity contribution in [1.29, 1.82) is 5.26 Å². The number of nitrogens with one attached hydrogen (secondary N) is 1. The molecule has 0 spiro atoms. The summed E-state index contributed by atoms with van der Waals surface area (Å²) in [6.07, 6.45) is -0.978. The van der Waals surface area contributed by atoms with Crippen LogP contribution in [0, 0.1) is 17.2 Å². The first-order valence-corrected chi connectivity index (χ1v) is 8.64. The molecular formula is C21H22N2O4. The first-order chi connectivity index (χ1) is 12.9. The Kier molecular flexibility index (Phi) is 6.95. The molecule has 1 atom stereocenters. The number of hydrogen-bond donors (Lipinski definition) is 1. The van der Waals surface area contributed by atoms with Crippen molar-refractivity contribution in [1.82, 2.24) is 0 Å². The van der Waals surface area contributed by atoms with Crippen molar-refractivity contribution in [2.24, 2.45) is 5.92 Å². The van der Waals surface area contributed by atoms with Gasteiger partial charge in [0, 0.05) is 5.69 Å². The third-order valence-electron chi connectivity index (χ3n) is 3.59. The fourth-order valence-electron chi connectivity index (χ4n) is 2.13. The minimum absolute atomic E-state index is 0.314. The molecule has 0 heterocycles. The second kappa shape index (κ2) is 9.39. The fraction of sp³-hybridized carbons (Fsp3) is 0.286. The van der Waals surface area contributed by atoms with Crippen LogP contribution in [0.2, 0.25) is 0 Å². The number of anilines is 1. The Bertz CT molecular complexity index is 838. The third kappa shape index (κ3) is 6.15. The summed E-state index contributed by atoms with van der Waals surface area (Å²) in [6.45, 7) is 6.11. The van der Waals surface area contributed by atoms with E-state index in [0.717, 1.165) is 0 Å². The molecule has 1 amide bonds. The van der Waals surface area contributed by atoms with Gasteiger partial charge in [-0.25, -0.2) is 4.79 Å². The zero-order chi connectivity index (χ0) is 19.8. The molecule has 1 N–H and O–H groups in total. The van der Waals surface area contributed by atoms with Gasteiger partial charge >= 0.3 is 5.97 Å². The molecule has 0 radical (unpaired) electrons. The van der Waals surface area contributed by atoms with Crippen molar-refractivity contribution in [3.63, 3.8) is 0 Å². The highest BCUT2D eigenvalue weighted by Crippen LogP contribution is 2.16. The number of nitriles is 1. The van der Waals surface area contributed by atoms with Crippen LogP contribution in [0.3, 0.4) is 0 Å². The van der Waals surface area contributed by atoms with E-state index in [9.17, 15) is 9.59 Å². The van der Waals surface area contributed by atoms with Gasteiger partial charge in [0.1, 0.15) is 5.75 Å². The van der Waals surface area contributed by atoms with E-state index in [1.807, 2.05) is 19.9 Å². The molecule has 140 valence electrons. The SMILES string of the molecule is CC(C)COc1cccc(C(=O)O[C@@H](C)C(=O)Nc2ccc(C#N)cc2)c1. The number of ether oxygens (including phenoxy) is 2. The summed E-state index contributed by atoms with van der Waals surface area (Å²) in [5, 5.41) is 11.4. The number of rotatable bonds is 7. The third-order valence-corrected chi connectivity index (χ3v) is 3.59. The summed E-state index contributed by atoms with van der Waals surface area (Å²) in [6, 6.07) is 15.1. The number of hydrogen-bond acceptors (Lipinski definition) is 5. The number of carbonyl (C=O) groups excluding carboxylic acids is 2. The highest BCUT2D eigenvalue weighted by Gasteiger charge is 2.19. The van der Waals surface area contributed by atoms with Crippen molar-refractivity contribution in [2.75, 3.05) is 11.9 Å². The van der Waals surface area contributed by atoms with Crippen LogP contribution >= 0.6 is 0 Å². The number of esters is 1. The lowest BCUT2D eigenvalue weighted by molar-refractivity contribution is -0.123. The molecule has 2 rings (SSSR count). The van der Waals surface area contributed by atoms with E-state index in [0.29, 0.717) is 35.1 Å². The fourth-order valence-corrected chi connectivity index (χ4v) is 2.13. The van der Waals surface area contributed by atoms with Crippen LogP contribution in [-0.2, 0) is 9.53 Å². The van der Waals surface area contributed by atoms with Gasteiger partial charge in [-0.1, -0.05) is 19.9 Å². The van der Waals surface area contributed by atoms with E-state index in [2.05, 4.69) is 5.32 Å². The Morgan fingerprint density at radius 3 is 2.44 bits per heavy atom. The second-order valence-electron chi connectivity index (χ2n) is 6.46. The van der Waals surface area contributed by atoms with Crippen LogP contribution in [0.25, 0.3) is 0 Å². The van der Waals surface area contributed by atoms with Crippen molar-refractivity contribution in [2.45, 2.75) is 26.9 Å². The summed E-state index contributed by atoms with van der Waals surface area (Å²) in [5.74, 6) is -0.118. The van der Waals surface area contributed by atoms with Gasteiger partial charge in [0.2, 0.25) is 0 Å². The summed E-state index contributed by atoms with van der Waals surface area (Å²) >= 11 is 0. The highest BCUT2D eigenvalue weighted by atomic mass is 16.5. The lowest BCUT2D eigenvalue weighted by atomic mass is 10.2. The summed E-state index contributed by atoms with van der Waals surface area (Å²) in [7, 11) is 0. The van der Waals surface area contributed by atoms with Crippen LogP contribution in [-0.4, -0.2) is 24.6 Å². The van der Waals surface area contributed by atoms with Gasteiger partial charge in [-0.15, -0.1) is 0 Å². The minimum Gasteiger partial charge on any atom is -0.493 e. The predicted octanol–water partition coefficient (Wildman–Crippen LogP) is 3.78. The normalized spacial score (nSPS) is 11.4. The topological polar surface area (TPSA) is 88.4 Å². The molecule has 2 aromatic carbocycles. The Morgan fingerprint density at radius 2 is 1.81 bits per heavy atom. The van der Waals surface area contributed by atoms with Crippen LogP contribution in [0.5, 0.6) is 5.75 Å². The van der Waals surface area contributed by atoms with E-state index < -0.39 is 18.0 Å².